The molecule has 1 aromatic heterocycles. The number of nitrogens with zero attached hydrogens (tertiary/aromatic N) is 1. The van der Waals surface area contributed by atoms with Gasteiger partial charge in [-0.1, -0.05) is 29.8 Å². The van der Waals surface area contributed by atoms with E-state index in [2.05, 4.69) is 4.98 Å². The standard InChI is InChI=1S/C13H14ClNO/c1-8-9(2)15-13-10(7-16-3)5-4-6-11(13)12(8)14/h4-6H,7H2,1-3H3. The molecule has 84 valence electrons. The van der Waals surface area contributed by atoms with Crippen LogP contribution >= 0.6 is 11.6 Å². The van der Waals surface area contributed by atoms with Crippen molar-refractivity contribution in [3.8, 4) is 0 Å². The largest absolute Gasteiger partial charge is 0.380 e. The predicted octanol–water partition coefficient (Wildman–Crippen LogP) is 3.65. The number of rotatable bonds is 2. The van der Waals surface area contributed by atoms with E-state index in [1.807, 2.05) is 32.0 Å². The summed E-state index contributed by atoms with van der Waals surface area (Å²) in [4.78, 5) is 4.59. The number of ether oxygens (including phenoxy) is 1. The first-order valence-corrected chi connectivity index (χ1v) is 5.56. The minimum atomic E-state index is 0.559. The summed E-state index contributed by atoms with van der Waals surface area (Å²) in [6, 6.07) is 6.00. The lowest BCUT2D eigenvalue weighted by molar-refractivity contribution is 0.186. The van der Waals surface area contributed by atoms with Gasteiger partial charge in [-0.15, -0.1) is 0 Å². The van der Waals surface area contributed by atoms with Gasteiger partial charge in [-0.05, 0) is 19.4 Å². The normalized spacial score (nSPS) is 11.0. The van der Waals surface area contributed by atoms with E-state index in [0.717, 1.165) is 32.7 Å². The van der Waals surface area contributed by atoms with Gasteiger partial charge in [0.15, 0.2) is 0 Å². The lowest BCUT2D eigenvalue weighted by Crippen LogP contribution is -1.96. The van der Waals surface area contributed by atoms with Gasteiger partial charge >= 0.3 is 0 Å². The zero-order valence-electron chi connectivity index (χ0n) is 9.67. The average molecular weight is 236 g/mol. The molecular formula is C13H14ClNO. The Labute approximate surface area is 100 Å². The Morgan fingerprint density at radius 3 is 2.75 bits per heavy atom. The van der Waals surface area contributed by atoms with Crippen molar-refractivity contribution in [3.05, 3.63) is 40.0 Å². The Morgan fingerprint density at radius 1 is 1.31 bits per heavy atom. The minimum Gasteiger partial charge on any atom is -0.380 e. The van der Waals surface area contributed by atoms with Crippen LogP contribution in [-0.4, -0.2) is 12.1 Å². The van der Waals surface area contributed by atoms with Crippen LogP contribution in [-0.2, 0) is 11.3 Å². The van der Waals surface area contributed by atoms with E-state index < -0.39 is 0 Å². The fraction of sp³-hybridized carbons (Fsp3) is 0.308. The summed E-state index contributed by atoms with van der Waals surface area (Å²) in [6.07, 6.45) is 0. The number of pyridine rings is 1. The summed E-state index contributed by atoms with van der Waals surface area (Å²) >= 11 is 6.32. The number of methoxy groups -OCH3 is 1. The summed E-state index contributed by atoms with van der Waals surface area (Å²) in [5, 5.41) is 1.79. The zero-order chi connectivity index (χ0) is 11.7. The summed E-state index contributed by atoms with van der Waals surface area (Å²) in [6.45, 7) is 4.53. The fourth-order valence-corrected chi connectivity index (χ4v) is 2.07. The van der Waals surface area contributed by atoms with Crippen LogP contribution < -0.4 is 0 Å². The molecule has 16 heavy (non-hydrogen) atoms. The van der Waals surface area contributed by atoms with Gasteiger partial charge in [-0.25, -0.2) is 0 Å². The Kier molecular flexibility index (Phi) is 3.13. The maximum Gasteiger partial charge on any atom is 0.0775 e. The molecule has 3 heteroatoms. The number of hydrogen-bond acceptors (Lipinski definition) is 2. The number of benzene rings is 1. The highest BCUT2D eigenvalue weighted by Crippen LogP contribution is 2.29. The van der Waals surface area contributed by atoms with Crippen LogP contribution in [0.2, 0.25) is 5.02 Å². The summed E-state index contributed by atoms with van der Waals surface area (Å²) in [5.41, 5.74) is 4.03. The number of halogens is 1. The van der Waals surface area contributed by atoms with E-state index in [-0.39, 0.29) is 0 Å². The Balaban J connectivity index is 2.78. The maximum absolute atomic E-state index is 6.32. The van der Waals surface area contributed by atoms with E-state index in [1.165, 1.54) is 0 Å². The third-order valence-corrected chi connectivity index (χ3v) is 3.29. The number of fused-ring (bicyclic) bond motifs is 1. The van der Waals surface area contributed by atoms with Crippen molar-refractivity contribution in [1.29, 1.82) is 0 Å². The van der Waals surface area contributed by atoms with Crippen LogP contribution in [0.1, 0.15) is 16.8 Å². The second-order valence-corrected chi connectivity index (χ2v) is 4.26. The third kappa shape index (κ3) is 1.79. The molecule has 0 aliphatic rings. The topological polar surface area (TPSA) is 22.1 Å². The van der Waals surface area contributed by atoms with Crippen molar-refractivity contribution in [3.63, 3.8) is 0 Å². The average Bonchev–Trinajstić information content (AvgIpc) is 2.28. The Morgan fingerprint density at radius 2 is 2.06 bits per heavy atom. The Bertz CT molecular complexity index is 537. The Hall–Kier alpha value is -1.12. The molecule has 2 nitrogen and oxygen atoms in total. The molecule has 0 unspecified atom stereocenters. The molecule has 1 aromatic carbocycles. The van der Waals surface area contributed by atoms with Gasteiger partial charge in [0.2, 0.25) is 0 Å². The highest BCUT2D eigenvalue weighted by Gasteiger charge is 2.09. The molecule has 0 spiro atoms. The van der Waals surface area contributed by atoms with Crippen LogP contribution in [0.4, 0.5) is 0 Å². The molecule has 0 aliphatic heterocycles. The van der Waals surface area contributed by atoms with E-state index >= 15 is 0 Å². The van der Waals surface area contributed by atoms with E-state index in [1.54, 1.807) is 7.11 Å². The van der Waals surface area contributed by atoms with E-state index in [9.17, 15) is 0 Å². The molecule has 2 aromatic rings. The SMILES string of the molecule is COCc1cccc2c(Cl)c(C)c(C)nc12. The third-order valence-electron chi connectivity index (χ3n) is 2.81. The summed E-state index contributed by atoms with van der Waals surface area (Å²) in [5.74, 6) is 0. The van der Waals surface area contributed by atoms with E-state index in [4.69, 9.17) is 16.3 Å². The quantitative estimate of drug-likeness (QED) is 0.793. The van der Waals surface area contributed by atoms with Crippen molar-refractivity contribution in [1.82, 2.24) is 4.98 Å². The van der Waals surface area contributed by atoms with Crippen LogP contribution in [0, 0.1) is 13.8 Å². The number of hydrogen-bond donors (Lipinski definition) is 0. The summed E-state index contributed by atoms with van der Waals surface area (Å²) < 4.78 is 5.16. The van der Waals surface area contributed by atoms with Crippen LogP contribution in [0.15, 0.2) is 18.2 Å². The molecule has 0 radical (unpaired) electrons. The lowest BCUT2D eigenvalue weighted by atomic mass is 10.1. The fourth-order valence-electron chi connectivity index (χ4n) is 1.78. The number of aromatic nitrogens is 1. The van der Waals surface area contributed by atoms with Gasteiger partial charge < -0.3 is 4.74 Å². The molecule has 1 heterocycles. The lowest BCUT2D eigenvalue weighted by Gasteiger charge is -2.10. The molecule has 0 saturated heterocycles. The van der Waals surface area contributed by atoms with Gasteiger partial charge in [0.05, 0.1) is 17.1 Å². The van der Waals surface area contributed by atoms with Gasteiger partial charge in [0, 0.05) is 23.8 Å². The monoisotopic (exact) mass is 235 g/mol. The molecule has 0 fully saturated rings. The van der Waals surface area contributed by atoms with E-state index in [0.29, 0.717) is 6.61 Å². The molecule has 0 aliphatic carbocycles. The number of aryl methyl sites for hydroxylation is 1. The zero-order valence-corrected chi connectivity index (χ0v) is 10.4. The van der Waals surface area contributed by atoms with Crippen molar-refractivity contribution < 1.29 is 4.74 Å². The first kappa shape index (κ1) is 11.4. The maximum atomic E-state index is 6.32. The van der Waals surface area contributed by atoms with Crippen LogP contribution in [0.5, 0.6) is 0 Å². The smallest absolute Gasteiger partial charge is 0.0775 e. The van der Waals surface area contributed by atoms with Crippen molar-refractivity contribution in [2.75, 3.05) is 7.11 Å². The first-order chi connectivity index (χ1) is 7.65. The second kappa shape index (κ2) is 4.40. The van der Waals surface area contributed by atoms with Crippen LogP contribution in [0.25, 0.3) is 10.9 Å². The van der Waals surface area contributed by atoms with Gasteiger partial charge in [-0.2, -0.15) is 0 Å². The molecule has 0 saturated carbocycles. The first-order valence-electron chi connectivity index (χ1n) is 5.18. The van der Waals surface area contributed by atoms with Gasteiger partial charge in [-0.3, -0.25) is 4.98 Å². The highest BCUT2D eigenvalue weighted by molar-refractivity contribution is 6.36. The van der Waals surface area contributed by atoms with Crippen molar-refractivity contribution in [2.45, 2.75) is 20.5 Å². The molecule has 0 bridgehead atoms. The molecule has 0 N–H and O–H groups in total. The summed E-state index contributed by atoms with van der Waals surface area (Å²) in [7, 11) is 1.68. The second-order valence-electron chi connectivity index (χ2n) is 3.88. The molecular weight excluding hydrogens is 222 g/mol. The molecule has 0 amide bonds. The van der Waals surface area contributed by atoms with Crippen molar-refractivity contribution >= 4 is 22.5 Å². The van der Waals surface area contributed by atoms with Crippen LogP contribution in [0.3, 0.4) is 0 Å². The predicted molar refractivity (Wildman–Crippen MR) is 66.9 cm³/mol. The van der Waals surface area contributed by atoms with Crippen molar-refractivity contribution in [2.24, 2.45) is 0 Å². The molecule has 0 atom stereocenters. The number of para-hydroxylation sites is 1. The minimum absolute atomic E-state index is 0.559. The van der Waals surface area contributed by atoms with Gasteiger partial charge in [0.1, 0.15) is 0 Å². The van der Waals surface area contributed by atoms with Gasteiger partial charge in [0.25, 0.3) is 0 Å². The molecule has 2 rings (SSSR count). The highest BCUT2D eigenvalue weighted by atomic mass is 35.5.